The first-order valence-electron chi connectivity index (χ1n) is 8.94. The highest BCUT2D eigenvalue weighted by molar-refractivity contribution is 6.06. The Bertz CT molecular complexity index is 929. The monoisotopic (exact) mass is 378 g/mol. The fourth-order valence-corrected chi connectivity index (χ4v) is 2.65. The van der Waals surface area contributed by atoms with Crippen molar-refractivity contribution in [2.24, 2.45) is 0 Å². The molecule has 1 amide bonds. The van der Waals surface area contributed by atoms with Gasteiger partial charge in [0, 0.05) is 29.7 Å². The van der Waals surface area contributed by atoms with Crippen LogP contribution in [0.2, 0.25) is 0 Å². The average Bonchev–Trinajstić information content (AvgIpc) is 2.74. The molecule has 6 nitrogen and oxygen atoms in total. The molecule has 144 valence electrons. The maximum Gasteiger partial charge on any atom is 0.259 e. The molecule has 0 saturated carbocycles. The zero-order valence-corrected chi connectivity index (χ0v) is 15.8. The third-order valence-electron chi connectivity index (χ3n) is 3.97. The van der Waals surface area contributed by atoms with Crippen molar-refractivity contribution in [2.45, 2.75) is 13.5 Å². The van der Waals surface area contributed by atoms with Gasteiger partial charge in [0.2, 0.25) is 0 Å². The van der Waals surface area contributed by atoms with Crippen LogP contribution in [0.15, 0.2) is 67.0 Å². The normalized spacial score (nSPS) is 10.2. The molecule has 2 aromatic carbocycles. The van der Waals surface area contributed by atoms with Gasteiger partial charge < -0.3 is 19.5 Å². The molecular weight excluding hydrogens is 356 g/mol. The average molecular weight is 378 g/mol. The van der Waals surface area contributed by atoms with Gasteiger partial charge in [-0.3, -0.25) is 9.78 Å². The number of rotatable bonds is 8. The molecule has 1 aromatic heterocycles. The molecule has 0 spiro atoms. The first-order chi connectivity index (χ1) is 13.7. The van der Waals surface area contributed by atoms with E-state index in [1.54, 1.807) is 55.9 Å². The van der Waals surface area contributed by atoms with Gasteiger partial charge in [0.15, 0.2) is 11.5 Å². The predicted octanol–water partition coefficient (Wildman–Crippen LogP) is 4.32. The van der Waals surface area contributed by atoms with Crippen molar-refractivity contribution in [3.05, 3.63) is 78.1 Å². The number of hydrogen-bond acceptors (Lipinski definition) is 5. The molecule has 3 aromatic rings. The van der Waals surface area contributed by atoms with Crippen molar-refractivity contribution in [1.29, 1.82) is 0 Å². The Kier molecular flexibility index (Phi) is 6.46. The summed E-state index contributed by atoms with van der Waals surface area (Å²) in [6.07, 6.45) is 3.45. The van der Waals surface area contributed by atoms with E-state index in [9.17, 15) is 4.79 Å². The minimum absolute atomic E-state index is 0.257. The van der Waals surface area contributed by atoms with Crippen LogP contribution in [0.3, 0.4) is 0 Å². The zero-order valence-electron chi connectivity index (χ0n) is 15.8. The Hall–Kier alpha value is -3.54. The summed E-state index contributed by atoms with van der Waals surface area (Å²) < 4.78 is 16.8. The Labute approximate surface area is 164 Å². The summed E-state index contributed by atoms with van der Waals surface area (Å²) in [6.45, 7) is 2.71. The number of carbonyl (C=O) groups is 1. The lowest BCUT2D eigenvalue weighted by Crippen LogP contribution is -2.13. The minimum Gasteiger partial charge on any atom is -0.493 e. The molecule has 0 atom stereocenters. The van der Waals surface area contributed by atoms with E-state index < -0.39 is 0 Å². The van der Waals surface area contributed by atoms with Crippen LogP contribution in [0, 0.1) is 0 Å². The van der Waals surface area contributed by atoms with Crippen molar-refractivity contribution >= 4 is 11.6 Å². The Morgan fingerprint density at radius 3 is 2.61 bits per heavy atom. The maximum absolute atomic E-state index is 12.7. The molecule has 0 unspecified atom stereocenters. The highest BCUT2D eigenvalue weighted by Crippen LogP contribution is 2.31. The van der Waals surface area contributed by atoms with E-state index in [0.29, 0.717) is 41.7 Å². The van der Waals surface area contributed by atoms with E-state index in [1.807, 2.05) is 25.1 Å². The largest absolute Gasteiger partial charge is 0.493 e. The van der Waals surface area contributed by atoms with Gasteiger partial charge in [0.05, 0.1) is 19.3 Å². The highest BCUT2D eigenvalue weighted by Gasteiger charge is 2.14. The van der Waals surface area contributed by atoms with Gasteiger partial charge in [0.1, 0.15) is 12.4 Å². The van der Waals surface area contributed by atoms with Crippen LogP contribution in [-0.4, -0.2) is 24.6 Å². The number of methoxy groups -OCH3 is 1. The molecule has 0 saturated heterocycles. The van der Waals surface area contributed by atoms with Crippen molar-refractivity contribution in [1.82, 2.24) is 4.98 Å². The topological polar surface area (TPSA) is 69.7 Å². The summed E-state index contributed by atoms with van der Waals surface area (Å²) in [6, 6.07) is 16.2. The van der Waals surface area contributed by atoms with Crippen LogP contribution in [0.4, 0.5) is 5.69 Å². The number of pyridine rings is 1. The van der Waals surface area contributed by atoms with Crippen molar-refractivity contribution in [3.63, 3.8) is 0 Å². The Morgan fingerprint density at radius 1 is 1.00 bits per heavy atom. The second kappa shape index (κ2) is 9.41. The number of benzene rings is 2. The number of carbonyl (C=O) groups excluding carboxylic acids is 1. The van der Waals surface area contributed by atoms with Gasteiger partial charge in [-0.15, -0.1) is 0 Å². The van der Waals surface area contributed by atoms with Crippen LogP contribution in [0.1, 0.15) is 22.8 Å². The maximum atomic E-state index is 12.7. The van der Waals surface area contributed by atoms with E-state index in [-0.39, 0.29) is 5.91 Å². The fourth-order valence-electron chi connectivity index (χ4n) is 2.65. The lowest BCUT2D eigenvalue weighted by molar-refractivity contribution is 0.102. The summed E-state index contributed by atoms with van der Waals surface area (Å²) in [5.41, 5.74) is 2.00. The fraction of sp³-hybridized carbons (Fsp3) is 0.182. The number of ether oxygens (including phenoxy) is 3. The van der Waals surface area contributed by atoms with Crippen LogP contribution in [0.5, 0.6) is 17.2 Å². The number of nitrogens with zero attached hydrogens (tertiary/aromatic N) is 1. The molecule has 0 aliphatic carbocycles. The van der Waals surface area contributed by atoms with Gasteiger partial charge in [-0.1, -0.05) is 18.2 Å². The van der Waals surface area contributed by atoms with Gasteiger partial charge in [-0.2, -0.15) is 0 Å². The number of para-hydroxylation sites is 1. The third-order valence-corrected chi connectivity index (χ3v) is 3.97. The summed E-state index contributed by atoms with van der Waals surface area (Å²) in [4.78, 5) is 16.8. The molecule has 0 aliphatic heterocycles. The molecule has 1 heterocycles. The SMILES string of the molecule is CCOc1ccccc1C(=O)Nc1ccc(OC)c(OCc2cccnc2)c1. The second-order valence-corrected chi connectivity index (χ2v) is 5.90. The minimum atomic E-state index is -0.257. The first-order valence-corrected chi connectivity index (χ1v) is 8.94. The van der Waals surface area contributed by atoms with Crippen molar-refractivity contribution in [3.8, 4) is 17.2 Å². The highest BCUT2D eigenvalue weighted by atomic mass is 16.5. The summed E-state index contributed by atoms with van der Waals surface area (Å²) >= 11 is 0. The molecule has 3 rings (SSSR count). The second-order valence-electron chi connectivity index (χ2n) is 5.90. The van der Waals surface area contributed by atoms with Crippen LogP contribution in [-0.2, 0) is 6.61 Å². The molecular formula is C22H22N2O4. The third kappa shape index (κ3) is 4.79. The first kappa shape index (κ1) is 19.2. The van der Waals surface area contributed by atoms with E-state index in [1.165, 1.54) is 0 Å². The quantitative estimate of drug-likeness (QED) is 0.632. The molecule has 6 heteroatoms. The van der Waals surface area contributed by atoms with E-state index in [2.05, 4.69) is 10.3 Å². The number of anilines is 1. The number of hydrogen-bond donors (Lipinski definition) is 1. The summed E-state index contributed by atoms with van der Waals surface area (Å²) in [5.74, 6) is 1.40. The summed E-state index contributed by atoms with van der Waals surface area (Å²) in [7, 11) is 1.57. The molecule has 28 heavy (non-hydrogen) atoms. The van der Waals surface area contributed by atoms with Crippen molar-refractivity contribution in [2.75, 3.05) is 19.0 Å². The Morgan fingerprint density at radius 2 is 1.86 bits per heavy atom. The lowest BCUT2D eigenvalue weighted by atomic mass is 10.1. The van der Waals surface area contributed by atoms with Crippen molar-refractivity contribution < 1.29 is 19.0 Å². The smallest absolute Gasteiger partial charge is 0.259 e. The van der Waals surface area contributed by atoms with Crippen LogP contribution in [0.25, 0.3) is 0 Å². The van der Waals surface area contributed by atoms with Gasteiger partial charge in [-0.05, 0) is 37.3 Å². The van der Waals surface area contributed by atoms with Gasteiger partial charge in [-0.25, -0.2) is 0 Å². The lowest BCUT2D eigenvalue weighted by Gasteiger charge is -2.14. The van der Waals surface area contributed by atoms with Crippen LogP contribution < -0.4 is 19.5 Å². The predicted molar refractivity (Wildman–Crippen MR) is 107 cm³/mol. The van der Waals surface area contributed by atoms with Gasteiger partial charge in [0.25, 0.3) is 5.91 Å². The Balaban J connectivity index is 1.76. The zero-order chi connectivity index (χ0) is 19.8. The van der Waals surface area contributed by atoms with E-state index >= 15 is 0 Å². The van der Waals surface area contributed by atoms with Gasteiger partial charge >= 0.3 is 0 Å². The standard InChI is InChI=1S/C22H22N2O4/c1-3-27-19-9-5-4-8-18(19)22(25)24-17-10-11-20(26-2)21(13-17)28-15-16-7-6-12-23-14-16/h4-14H,3,15H2,1-2H3,(H,24,25). The molecule has 0 radical (unpaired) electrons. The molecule has 0 fully saturated rings. The number of nitrogens with one attached hydrogen (secondary N) is 1. The number of amides is 1. The molecule has 0 bridgehead atoms. The number of aromatic nitrogens is 1. The molecule has 0 aliphatic rings. The van der Waals surface area contributed by atoms with E-state index in [4.69, 9.17) is 14.2 Å². The molecule has 1 N–H and O–H groups in total. The summed E-state index contributed by atoms with van der Waals surface area (Å²) in [5, 5.41) is 2.88. The van der Waals surface area contributed by atoms with E-state index in [0.717, 1.165) is 5.56 Å². The van der Waals surface area contributed by atoms with Crippen LogP contribution >= 0.6 is 0 Å².